The Morgan fingerprint density at radius 2 is 1.94 bits per heavy atom. The summed E-state index contributed by atoms with van der Waals surface area (Å²) in [6.07, 6.45) is 0.835. The van der Waals surface area contributed by atoms with Crippen molar-refractivity contribution in [1.82, 2.24) is 0 Å². The van der Waals surface area contributed by atoms with E-state index in [0.717, 1.165) is 12.0 Å². The first-order valence-electron chi connectivity index (χ1n) is 5.21. The Morgan fingerprint density at radius 3 is 2.56 bits per heavy atom. The molecule has 1 rings (SSSR count). The first kappa shape index (κ1) is 12.8. The highest BCUT2D eigenvalue weighted by molar-refractivity contribution is 5.42. The van der Waals surface area contributed by atoms with Gasteiger partial charge in [0.1, 0.15) is 0 Å². The summed E-state index contributed by atoms with van der Waals surface area (Å²) in [7, 11) is 3.25. The predicted octanol–water partition coefficient (Wildman–Crippen LogP) is 1.60. The van der Waals surface area contributed by atoms with Gasteiger partial charge in [-0.25, -0.2) is 0 Å². The van der Waals surface area contributed by atoms with Gasteiger partial charge < -0.3 is 19.3 Å². The molecule has 4 heteroatoms. The van der Waals surface area contributed by atoms with Crippen LogP contribution in [0.1, 0.15) is 12.0 Å². The molecule has 1 N–H and O–H groups in total. The van der Waals surface area contributed by atoms with Crippen LogP contribution in [0, 0.1) is 0 Å². The lowest BCUT2D eigenvalue weighted by Crippen LogP contribution is -2.02. The lowest BCUT2D eigenvalue weighted by atomic mass is 10.2. The van der Waals surface area contributed by atoms with E-state index in [0.29, 0.717) is 24.7 Å². The van der Waals surface area contributed by atoms with Gasteiger partial charge in [-0.15, -0.1) is 0 Å². The van der Waals surface area contributed by atoms with Gasteiger partial charge in [0, 0.05) is 20.1 Å². The van der Waals surface area contributed by atoms with Gasteiger partial charge in [-0.3, -0.25) is 0 Å². The molecule has 0 saturated carbocycles. The number of hydrogen-bond donors (Lipinski definition) is 1. The fourth-order valence-corrected chi connectivity index (χ4v) is 1.31. The monoisotopic (exact) mass is 226 g/mol. The molecule has 0 unspecified atom stereocenters. The third-order valence-electron chi connectivity index (χ3n) is 2.16. The van der Waals surface area contributed by atoms with Crippen LogP contribution in [0.25, 0.3) is 0 Å². The van der Waals surface area contributed by atoms with E-state index < -0.39 is 0 Å². The van der Waals surface area contributed by atoms with E-state index in [2.05, 4.69) is 0 Å². The summed E-state index contributed by atoms with van der Waals surface area (Å²) in [6.45, 7) is 1.26. The van der Waals surface area contributed by atoms with Gasteiger partial charge in [0.05, 0.1) is 20.3 Å². The molecule has 0 heterocycles. The number of aliphatic hydroxyl groups excluding tert-OH is 1. The molecule has 1 aromatic carbocycles. The topological polar surface area (TPSA) is 47.9 Å². The molecule has 0 fully saturated rings. The van der Waals surface area contributed by atoms with Crippen molar-refractivity contribution >= 4 is 0 Å². The second-order valence-corrected chi connectivity index (χ2v) is 3.34. The normalized spacial score (nSPS) is 10.2. The van der Waals surface area contributed by atoms with Crippen LogP contribution >= 0.6 is 0 Å². The van der Waals surface area contributed by atoms with Gasteiger partial charge in [-0.05, 0) is 17.7 Å². The molecule has 16 heavy (non-hydrogen) atoms. The highest BCUT2D eigenvalue weighted by atomic mass is 16.5. The molecule has 0 bridgehead atoms. The van der Waals surface area contributed by atoms with Crippen molar-refractivity contribution in [1.29, 1.82) is 0 Å². The minimum atomic E-state index is 0.000312. The van der Waals surface area contributed by atoms with Crippen molar-refractivity contribution in [2.75, 3.05) is 27.4 Å². The van der Waals surface area contributed by atoms with Gasteiger partial charge in [-0.2, -0.15) is 0 Å². The molecule has 0 spiro atoms. The van der Waals surface area contributed by atoms with Crippen LogP contribution in [-0.4, -0.2) is 32.5 Å². The van der Waals surface area contributed by atoms with Gasteiger partial charge in [0.25, 0.3) is 0 Å². The van der Waals surface area contributed by atoms with Crippen LogP contribution in [0.4, 0.5) is 0 Å². The Bertz CT molecular complexity index is 312. The number of ether oxygens (including phenoxy) is 3. The molecule has 0 saturated heterocycles. The fourth-order valence-electron chi connectivity index (χ4n) is 1.31. The zero-order chi connectivity index (χ0) is 11.8. The van der Waals surface area contributed by atoms with E-state index in [-0.39, 0.29) is 6.61 Å². The summed E-state index contributed by atoms with van der Waals surface area (Å²) in [4.78, 5) is 0. The summed E-state index contributed by atoms with van der Waals surface area (Å²) >= 11 is 0. The first-order valence-corrected chi connectivity index (χ1v) is 5.21. The van der Waals surface area contributed by atoms with Crippen molar-refractivity contribution in [3.05, 3.63) is 23.8 Å². The molecule has 0 aromatic heterocycles. The molecule has 0 aliphatic carbocycles. The summed E-state index contributed by atoms with van der Waals surface area (Å²) in [5.41, 5.74) is 0.807. The smallest absolute Gasteiger partial charge is 0.161 e. The molecule has 0 atom stereocenters. The highest BCUT2D eigenvalue weighted by Gasteiger charge is 2.04. The zero-order valence-electron chi connectivity index (χ0n) is 9.73. The van der Waals surface area contributed by atoms with Crippen LogP contribution in [0.3, 0.4) is 0 Å². The standard InChI is InChI=1S/C12H18O4/c1-14-6-3-7-16-11-5-4-10(9-13)8-12(11)15-2/h4-5,8,13H,3,6-7,9H2,1-2H3. The Hall–Kier alpha value is -1.26. The van der Waals surface area contributed by atoms with Crippen LogP contribution in [0.15, 0.2) is 18.2 Å². The van der Waals surface area contributed by atoms with Crippen molar-refractivity contribution in [3.63, 3.8) is 0 Å². The number of methoxy groups -OCH3 is 2. The Balaban J connectivity index is 2.57. The second kappa shape index (κ2) is 7.09. The Morgan fingerprint density at radius 1 is 1.12 bits per heavy atom. The summed E-state index contributed by atoms with van der Waals surface area (Å²) in [6, 6.07) is 5.39. The van der Waals surface area contributed by atoms with E-state index in [4.69, 9.17) is 19.3 Å². The fraction of sp³-hybridized carbons (Fsp3) is 0.500. The summed E-state index contributed by atoms with van der Waals surface area (Å²) < 4.78 is 15.6. The summed E-state index contributed by atoms with van der Waals surface area (Å²) in [5, 5.41) is 8.98. The molecular weight excluding hydrogens is 208 g/mol. The van der Waals surface area contributed by atoms with Crippen molar-refractivity contribution in [3.8, 4) is 11.5 Å². The third kappa shape index (κ3) is 3.72. The molecule has 0 amide bonds. The summed E-state index contributed by atoms with van der Waals surface area (Å²) in [5.74, 6) is 1.33. The maximum Gasteiger partial charge on any atom is 0.161 e. The predicted molar refractivity (Wildman–Crippen MR) is 60.9 cm³/mol. The van der Waals surface area contributed by atoms with Crippen molar-refractivity contribution in [2.24, 2.45) is 0 Å². The minimum absolute atomic E-state index is 0.000312. The molecule has 0 aliphatic rings. The van der Waals surface area contributed by atoms with Crippen LogP contribution in [-0.2, 0) is 11.3 Å². The van der Waals surface area contributed by atoms with Gasteiger partial charge in [0.15, 0.2) is 11.5 Å². The van der Waals surface area contributed by atoms with Crippen LogP contribution in [0.5, 0.6) is 11.5 Å². The van der Waals surface area contributed by atoms with E-state index in [1.54, 1.807) is 26.4 Å². The molecule has 4 nitrogen and oxygen atoms in total. The average Bonchev–Trinajstić information content (AvgIpc) is 2.34. The van der Waals surface area contributed by atoms with Gasteiger partial charge in [-0.1, -0.05) is 6.07 Å². The maximum atomic E-state index is 8.98. The average molecular weight is 226 g/mol. The largest absolute Gasteiger partial charge is 0.493 e. The third-order valence-corrected chi connectivity index (χ3v) is 2.16. The van der Waals surface area contributed by atoms with Gasteiger partial charge in [0.2, 0.25) is 0 Å². The highest BCUT2D eigenvalue weighted by Crippen LogP contribution is 2.28. The minimum Gasteiger partial charge on any atom is -0.493 e. The van der Waals surface area contributed by atoms with Crippen LogP contribution < -0.4 is 9.47 Å². The number of rotatable bonds is 7. The number of benzene rings is 1. The second-order valence-electron chi connectivity index (χ2n) is 3.34. The molecule has 0 aliphatic heterocycles. The van der Waals surface area contributed by atoms with E-state index >= 15 is 0 Å². The van der Waals surface area contributed by atoms with Crippen LogP contribution in [0.2, 0.25) is 0 Å². The zero-order valence-corrected chi connectivity index (χ0v) is 9.73. The van der Waals surface area contributed by atoms with Crippen molar-refractivity contribution < 1.29 is 19.3 Å². The molecule has 0 radical (unpaired) electrons. The Labute approximate surface area is 95.8 Å². The van der Waals surface area contributed by atoms with Crippen molar-refractivity contribution in [2.45, 2.75) is 13.0 Å². The number of hydrogen-bond acceptors (Lipinski definition) is 4. The SMILES string of the molecule is COCCCOc1ccc(CO)cc1OC. The quantitative estimate of drug-likeness (QED) is 0.717. The Kier molecular flexibility index (Phi) is 5.67. The van der Waals surface area contributed by atoms with Gasteiger partial charge >= 0.3 is 0 Å². The first-order chi connectivity index (χ1) is 7.81. The van der Waals surface area contributed by atoms with E-state index in [9.17, 15) is 0 Å². The maximum absolute atomic E-state index is 8.98. The lowest BCUT2D eigenvalue weighted by Gasteiger charge is -2.11. The number of aliphatic hydroxyl groups is 1. The molecular formula is C12H18O4. The van der Waals surface area contributed by atoms with E-state index in [1.165, 1.54) is 0 Å². The lowest BCUT2D eigenvalue weighted by molar-refractivity contribution is 0.170. The molecule has 90 valence electrons. The van der Waals surface area contributed by atoms with E-state index in [1.807, 2.05) is 6.07 Å². The molecule has 1 aromatic rings.